The first-order valence-corrected chi connectivity index (χ1v) is 8.69. The SMILES string of the molecule is CC1CN2CCCC2CN1C1(CN)CCN2CCCC21. The van der Waals surface area contributed by atoms with Crippen LogP contribution in [0.15, 0.2) is 0 Å². The number of nitrogens with two attached hydrogens (primary N) is 1. The van der Waals surface area contributed by atoms with Crippen LogP contribution in [0.5, 0.6) is 0 Å². The van der Waals surface area contributed by atoms with Crippen molar-refractivity contribution in [1.82, 2.24) is 14.7 Å². The van der Waals surface area contributed by atoms with Crippen molar-refractivity contribution in [3.8, 4) is 0 Å². The third kappa shape index (κ3) is 1.81. The highest BCUT2D eigenvalue weighted by atomic mass is 15.4. The minimum atomic E-state index is 0.282. The van der Waals surface area contributed by atoms with Gasteiger partial charge in [0.2, 0.25) is 0 Å². The molecule has 0 amide bonds. The van der Waals surface area contributed by atoms with Crippen molar-refractivity contribution in [2.45, 2.75) is 62.7 Å². The van der Waals surface area contributed by atoms with Crippen LogP contribution >= 0.6 is 0 Å². The van der Waals surface area contributed by atoms with Crippen molar-refractivity contribution in [2.24, 2.45) is 5.73 Å². The van der Waals surface area contributed by atoms with Crippen LogP contribution < -0.4 is 5.73 Å². The lowest BCUT2D eigenvalue weighted by molar-refractivity contribution is -0.0323. The molecule has 0 saturated carbocycles. The van der Waals surface area contributed by atoms with E-state index in [9.17, 15) is 0 Å². The van der Waals surface area contributed by atoms with Gasteiger partial charge in [0.05, 0.1) is 5.54 Å². The molecule has 4 nitrogen and oxygen atoms in total. The van der Waals surface area contributed by atoms with Crippen LogP contribution in [0.4, 0.5) is 0 Å². The number of nitrogens with zero attached hydrogens (tertiary/aromatic N) is 3. The van der Waals surface area contributed by atoms with Crippen LogP contribution in [0, 0.1) is 0 Å². The zero-order valence-electron chi connectivity index (χ0n) is 12.9. The van der Waals surface area contributed by atoms with Gasteiger partial charge in [0.1, 0.15) is 0 Å². The first kappa shape index (κ1) is 13.5. The third-order valence-corrected chi connectivity index (χ3v) is 6.68. The first-order chi connectivity index (χ1) is 9.74. The predicted molar refractivity (Wildman–Crippen MR) is 81.8 cm³/mol. The maximum Gasteiger partial charge on any atom is 0.0502 e. The van der Waals surface area contributed by atoms with Crippen molar-refractivity contribution >= 4 is 0 Å². The van der Waals surface area contributed by atoms with E-state index in [0.717, 1.165) is 18.6 Å². The third-order valence-electron chi connectivity index (χ3n) is 6.68. The number of fused-ring (bicyclic) bond motifs is 2. The summed E-state index contributed by atoms with van der Waals surface area (Å²) in [5.74, 6) is 0. The Kier molecular flexibility index (Phi) is 3.33. The molecule has 0 aromatic carbocycles. The van der Waals surface area contributed by atoms with E-state index in [1.807, 2.05) is 0 Å². The summed E-state index contributed by atoms with van der Waals surface area (Å²) in [5.41, 5.74) is 6.66. The molecule has 114 valence electrons. The summed E-state index contributed by atoms with van der Waals surface area (Å²) < 4.78 is 0. The molecule has 0 aromatic rings. The second-order valence-electron chi connectivity index (χ2n) is 7.54. The Labute approximate surface area is 123 Å². The average molecular weight is 278 g/mol. The van der Waals surface area contributed by atoms with Gasteiger partial charge in [-0.05, 0) is 52.1 Å². The normalized spacial score (nSPS) is 46.8. The quantitative estimate of drug-likeness (QED) is 0.807. The molecule has 4 rings (SSSR count). The topological polar surface area (TPSA) is 35.7 Å². The van der Waals surface area contributed by atoms with Gasteiger partial charge >= 0.3 is 0 Å². The second kappa shape index (κ2) is 4.94. The fourth-order valence-electron chi connectivity index (χ4n) is 5.70. The molecule has 0 spiro atoms. The standard InChI is InChI=1S/C16H30N4/c1-13-10-19-8-2-4-14(19)11-20(13)16(12-17)6-9-18-7-3-5-15(16)18/h13-15H,2-12,17H2,1H3. The fourth-order valence-corrected chi connectivity index (χ4v) is 5.70. The van der Waals surface area contributed by atoms with Gasteiger partial charge in [-0.25, -0.2) is 0 Å². The van der Waals surface area contributed by atoms with Crippen LogP contribution in [0.25, 0.3) is 0 Å². The van der Waals surface area contributed by atoms with Gasteiger partial charge in [-0.15, -0.1) is 0 Å². The second-order valence-corrected chi connectivity index (χ2v) is 7.54. The molecular formula is C16H30N4. The molecule has 4 aliphatic rings. The molecule has 0 aromatic heterocycles. The summed E-state index contributed by atoms with van der Waals surface area (Å²) >= 11 is 0. The molecule has 0 bridgehead atoms. The molecule has 20 heavy (non-hydrogen) atoms. The van der Waals surface area contributed by atoms with Gasteiger partial charge in [0.25, 0.3) is 0 Å². The van der Waals surface area contributed by atoms with Crippen LogP contribution in [0.2, 0.25) is 0 Å². The monoisotopic (exact) mass is 278 g/mol. The maximum absolute atomic E-state index is 6.37. The number of piperazine rings is 1. The molecule has 4 saturated heterocycles. The Morgan fingerprint density at radius 2 is 1.85 bits per heavy atom. The minimum absolute atomic E-state index is 0.282. The Balaban J connectivity index is 1.60. The van der Waals surface area contributed by atoms with Crippen molar-refractivity contribution < 1.29 is 0 Å². The molecule has 4 heteroatoms. The fraction of sp³-hybridized carbons (Fsp3) is 1.00. The van der Waals surface area contributed by atoms with Crippen molar-refractivity contribution in [3.63, 3.8) is 0 Å². The van der Waals surface area contributed by atoms with Crippen molar-refractivity contribution in [2.75, 3.05) is 39.3 Å². The van der Waals surface area contributed by atoms with E-state index in [1.165, 1.54) is 64.8 Å². The van der Waals surface area contributed by atoms with Gasteiger partial charge < -0.3 is 5.73 Å². The summed E-state index contributed by atoms with van der Waals surface area (Å²) in [6.07, 6.45) is 6.85. The highest BCUT2D eigenvalue weighted by Gasteiger charge is 2.54. The summed E-state index contributed by atoms with van der Waals surface area (Å²) in [6, 6.07) is 2.22. The lowest BCUT2D eigenvalue weighted by Crippen LogP contribution is -2.68. The van der Waals surface area contributed by atoms with E-state index >= 15 is 0 Å². The van der Waals surface area contributed by atoms with Crippen LogP contribution in [-0.4, -0.2) is 77.6 Å². The number of rotatable bonds is 2. The maximum atomic E-state index is 6.37. The summed E-state index contributed by atoms with van der Waals surface area (Å²) in [6.45, 7) is 9.73. The van der Waals surface area contributed by atoms with Crippen LogP contribution in [0.1, 0.15) is 39.0 Å². The van der Waals surface area contributed by atoms with E-state index in [2.05, 4.69) is 21.6 Å². The highest BCUT2D eigenvalue weighted by molar-refractivity contribution is 5.12. The molecule has 2 N–H and O–H groups in total. The van der Waals surface area contributed by atoms with E-state index in [4.69, 9.17) is 5.73 Å². The molecule has 4 aliphatic heterocycles. The zero-order chi connectivity index (χ0) is 13.7. The smallest absolute Gasteiger partial charge is 0.0502 e. The Bertz CT molecular complexity index is 373. The van der Waals surface area contributed by atoms with Crippen LogP contribution in [0.3, 0.4) is 0 Å². The number of hydrogen-bond acceptors (Lipinski definition) is 4. The van der Waals surface area contributed by atoms with E-state index < -0.39 is 0 Å². The Morgan fingerprint density at radius 1 is 1.05 bits per heavy atom. The van der Waals surface area contributed by atoms with Gasteiger partial charge in [0, 0.05) is 44.3 Å². The lowest BCUT2D eigenvalue weighted by atomic mass is 9.84. The van der Waals surface area contributed by atoms with Gasteiger partial charge in [0.15, 0.2) is 0 Å². The molecule has 0 aliphatic carbocycles. The Morgan fingerprint density at radius 3 is 2.70 bits per heavy atom. The Hall–Kier alpha value is -0.160. The van der Waals surface area contributed by atoms with Crippen molar-refractivity contribution in [3.05, 3.63) is 0 Å². The molecular weight excluding hydrogens is 248 g/mol. The summed E-state index contributed by atoms with van der Waals surface area (Å²) in [4.78, 5) is 8.29. The minimum Gasteiger partial charge on any atom is -0.329 e. The predicted octanol–water partition coefficient (Wildman–Crippen LogP) is 0.721. The highest BCUT2D eigenvalue weighted by Crippen LogP contribution is 2.42. The van der Waals surface area contributed by atoms with Gasteiger partial charge in [-0.3, -0.25) is 14.7 Å². The van der Waals surface area contributed by atoms with E-state index in [0.29, 0.717) is 6.04 Å². The van der Waals surface area contributed by atoms with Gasteiger partial charge in [-0.1, -0.05) is 0 Å². The summed E-state index contributed by atoms with van der Waals surface area (Å²) in [7, 11) is 0. The van der Waals surface area contributed by atoms with Crippen molar-refractivity contribution in [1.29, 1.82) is 0 Å². The van der Waals surface area contributed by atoms with E-state index in [-0.39, 0.29) is 5.54 Å². The zero-order valence-corrected chi connectivity index (χ0v) is 12.9. The molecule has 4 fully saturated rings. The molecule has 4 atom stereocenters. The molecule has 4 unspecified atom stereocenters. The lowest BCUT2D eigenvalue weighted by Gasteiger charge is -2.53. The van der Waals surface area contributed by atoms with Gasteiger partial charge in [-0.2, -0.15) is 0 Å². The van der Waals surface area contributed by atoms with E-state index in [1.54, 1.807) is 0 Å². The average Bonchev–Trinajstić information content (AvgIpc) is 3.13. The first-order valence-electron chi connectivity index (χ1n) is 8.69. The van der Waals surface area contributed by atoms with Crippen LogP contribution in [-0.2, 0) is 0 Å². The number of hydrogen-bond donors (Lipinski definition) is 1. The summed E-state index contributed by atoms with van der Waals surface area (Å²) in [5, 5.41) is 0. The largest absolute Gasteiger partial charge is 0.329 e. The molecule has 0 radical (unpaired) electrons. The molecule has 4 heterocycles.